The number of esters is 2. The molecule has 1 N–H and O–H groups in total. The molecule has 2 aliphatic rings. The van der Waals surface area contributed by atoms with E-state index in [9.17, 15) is 14.7 Å². The highest BCUT2D eigenvalue weighted by molar-refractivity contribution is 5.75. The normalized spacial score (nSPS) is 38.5. The Labute approximate surface area is 125 Å². The van der Waals surface area contributed by atoms with E-state index >= 15 is 0 Å². The fraction of sp³-hybridized carbons (Fsp3) is 0.750. The Balaban J connectivity index is 2.21. The quantitative estimate of drug-likeness (QED) is 0.632. The number of aliphatic hydroxyl groups excluding tert-OH is 1. The molecule has 1 fully saturated rings. The van der Waals surface area contributed by atoms with E-state index < -0.39 is 6.10 Å². The molecule has 0 spiro atoms. The van der Waals surface area contributed by atoms with Crippen LogP contribution in [0.4, 0.5) is 0 Å². The van der Waals surface area contributed by atoms with Crippen molar-refractivity contribution in [3.8, 4) is 0 Å². The Morgan fingerprint density at radius 2 is 1.95 bits per heavy atom. The van der Waals surface area contributed by atoms with Crippen LogP contribution in [0.5, 0.6) is 0 Å². The monoisotopic (exact) mass is 296 g/mol. The third-order valence-electron chi connectivity index (χ3n) is 4.76. The van der Waals surface area contributed by atoms with Gasteiger partial charge in [-0.1, -0.05) is 19.1 Å². The minimum atomic E-state index is -0.686. The molecule has 0 aliphatic heterocycles. The van der Waals surface area contributed by atoms with Crippen molar-refractivity contribution in [3.05, 3.63) is 12.2 Å². The second-order valence-corrected chi connectivity index (χ2v) is 6.02. The molecule has 5 heteroatoms. The lowest BCUT2D eigenvalue weighted by molar-refractivity contribution is -0.160. The van der Waals surface area contributed by atoms with Crippen LogP contribution in [0.15, 0.2) is 12.2 Å². The fourth-order valence-corrected chi connectivity index (χ4v) is 3.79. The molecule has 118 valence electrons. The first-order chi connectivity index (χ1) is 9.99. The molecule has 2 aliphatic carbocycles. The van der Waals surface area contributed by atoms with E-state index in [2.05, 4.69) is 0 Å². The van der Waals surface area contributed by atoms with E-state index in [1.54, 1.807) is 6.92 Å². The Bertz CT molecular complexity index is 430. The highest BCUT2D eigenvalue weighted by Crippen LogP contribution is 2.45. The second kappa shape index (κ2) is 6.60. The minimum Gasteiger partial charge on any atom is -0.469 e. The van der Waals surface area contributed by atoms with Crippen molar-refractivity contribution in [2.45, 2.75) is 32.8 Å². The molecule has 0 aromatic carbocycles. The fourth-order valence-electron chi connectivity index (χ4n) is 3.79. The summed E-state index contributed by atoms with van der Waals surface area (Å²) in [5.74, 6) is -1.30. The van der Waals surface area contributed by atoms with Gasteiger partial charge in [-0.3, -0.25) is 9.59 Å². The summed E-state index contributed by atoms with van der Waals surface area (Å²) in [6, 6.07) is 0. The Hall–Kier alpha value is -1.36. The van der Waals surface area contributed by atoms with Crippen LogP contribution in [0.2, 0.25) is 0 Å². The minimum absolute atomic E-state index is 0.0171. The zero-order chi connectivity index (χ0) is 15.6. The zero-order valence-corrected chi connectivity index (χ0v) is 12.8. The predicted molar refractivity (Wildman–Crippen MR) is 76.2 cm³/mol. The number of hydrogen-bond acceptors (Lipinski definition) is 5. The molecule has 0 aromatic heterocycles. The van der Waals surface area contributed by atoms with Gasteiger partial charge < -0.3 is 14.6 Å². The molecule has 3 unspecified atom stereocenters. The van der Waals surface area contributed by atoms with E-state index in [1.807, 2.05) is 19.1 Å². The summed E-state index contributed by atoms with van der Waals surface area (Å²) in [7, 11) is 1.36. The summed E-state index contributed by atoms with van der Waals surface area (Å²) >= 11 is 0. The summed E-state index contributed by atoms with van der Waals surface area (Å²) in [4.78, 5) is 23.9. The standard InChI is InChI=1S/C16H24O5/c1-4-21-16(19)13-9(2)5-6-10-7-11(15(18)20-3)8-12(17)14(10)13/h5-6,9-14,17H,4,7-8H2,1-3H3/t9-,10?,11-,12?,13-,14?/m0/s1. The molecule has 0 amide bonds. The molecule has 0 radical (unpaired) electrons. The molecule has 6 atom stereocenters. The molecular formula is C16H24O5. The Kier molecular flexibility index (Phi) is 5.04. The van der Waals surface area contributed by atoms with Gasteiger partial charge in [-0.25, -0.2) is 0 Å². The number of fused-ring (bicyclic) bond motifs is 1. The molecule has 2 rings (SSSR count). The van der Waals surface area contributed by atoms with Gasteiger partial charge in [-0.15, -0.1) is 0 Å². The van der Waals surface area contributed by atoms with Gasteiger partial charge in [-0.2, -0.15) is 0 Å². The van der Waals surface area contributed by atoms with Gasteiger partial charge in [0.25, 0.3) is 0 Å². The highest BCUT2D eigenvalue weighted by Gasteiger charge is 2.48. The van der Waals surface area contributed by atoms with Crippen molar-refractivity contribution >= 4 is 11.9 Å². The molecule has 1 saturated carbocycles. The average Bonchev–Trinajstić information content (AvgIpc) is 2.46. The molecule has 21 heavy (non-hydrogen) atoms. The number of allylic oxidation sites excluding steroid dienone is 2. The SMILES string of the molecule is CCOC(=O)[C@@H]1C2C(O)C[C@@H](C(=O)OC)CC2C=C[C@@H]1C. The zero-order valence-electron chi connectivity index (χ0n) is 12.8. The molecule has 5 nitrogen and oxygen atoms in total. The third-order valence-corrected chi connectivity index (χ3v) is 4.76. The van der Waals surface area contributed by atoms with E-state index in [1.165, 1.54) is 7.11 Å². The highest BCUT2D eigenvalue weighted by atomic mass is 16.5. The summed E-state index contributed by atoms with van der Waals surface area (Å²) in [6.07, 6.45) is 4.31. The first kappa shape index (κ1) is 16.0. The number of methoxy groups -OCH3 is 1. The van der Waals surface area contributed by atoms with Crippen molar-refractivity contribution in [1.82, 2.24) is 0 Å². The summed E-state index contributed by atoms with van der Waals surface area (Å²) in [5.41, 5.74) is 0. The van der Waals surface area contributed by atoms with Gasteiger partial charge >= 0.3 is 11.9 Å². The largest absolute Gasteiger partial charge is 0.469 e. The molecule has 0 aromatic rings. The maximum atomic E-state index is 12.2. The van der Waals surface area contributed by atoms with Crippen LogP contribution in [0.25, 0.3) is 0 Å². The molecule has 0 bridgehead atoms. The van der Waals surface area contributed by atoms with Gasteiger partial charge in [0, 0.05) is 5.92 Å². The van der Waals surface area contributed by atoms with Crippen molar-refractivity contribution in [3.63, 3.8) is 0 Å². The molecule has 0 heterocycles. The Morgan fingerprint density at radius 1 is 1.24 bits per heavy atom. The van der Waals surface area contributed by atoms with Crippen LogP contribution < -0.4 is 0 Å². The summed E-state index contributed by atoms with van der Waals surface area (Å²) < 4.78 is 9.95. The van der Waals surface area contributed by atoms with Gasteiger partial charge in [0.2, 0.25) is 0 Å². The number of hydrogen-bond donors (Lipinski definition) is 1. The Morgan fingerprint density at radius 3 is 2.57 bits per heavy atom. The van der Waals surface area contributed by atoms with Crippen LogP contribution >= 0.6 is 0 Å². The number of ether oxygens (including phenoxy) is 2. The first-order valence-electron chi connectivity index (χ1n) is 7.60. The lowest BCUT2D eigenvalue weighted by Gasteiger charge is -2.44. The smallest absolute Gasteiger partial charge is 0.309 e. The van der Waals surface area contributed by atoms with Crippen molar-refractivity contribution < 1.29 is 24.2 Å². The lowest BCUT2D eigenvalue weighted by Crippen LogP contribution is -2.48. The number of aliphatic hydroxyl groups is 1. The van der Waals surface area contributed by atoms with Crippen molar-refractivity contribution in [1.29, 1.82) is 0 Å². The number of rotatable bonds is 3. The second-order valence-electron chi connectivity index (χ2n) is 6.02. The van der Waals surface area contributed by atoms with Crippen LogP contribution in [-0.2, 0) is 19.1 Å². The number of carbonyl (C=O) groups excluding carboxylic acids is 2. The summed E-state index contributed by atoms with van der Waals surface area (Å²) in [5, 5.41) is 10.5. The topological polar surface area (TPSA) is 72.8 Å². The van der Waals surface area contributed by atoms with E-state index in [-0.39, 0.29) is 41.5 Å². The van der Waals surface area contributed by atoms with Crippen LogP contribution in [-0.4, -0.2) is 36.9 Å². The maximum Gasteiger partial charge on any atom is 0.309 e. The van der Waals surface area contributed by atoms with Gasteiger partial charge in [0.15, 0.2) is 0 Å². The first-order valence-corrected chi connectivity index (χ1v) is 7.60. The van der Waals surface area contributed by atoms with Crippen molar-refractivity contribution in [2.24, 2.45) is 29.6 Å². The van der Waals surface area contributed by atoms with Gasteiger partial charge in [0.1, 0.15) is 0 Å². The summed E-state index contributed by atoms with van der Waals surface area (Å²) in [6.45, 7) is 4.08. The average molecular weight is 296 g/mol. The van der Waals surface area contributed by atoms with E-state index in [0.717, 1.165) is 0 Å². The lowest BCUT2D eigenvalue weighted by atomic mass is 9.61. The predicted octanol–water partition coefficient (Wildman–Crippen LogP) is 1.55. The van der Waals surface area contributed by atoms with Gasteiger partial charge in [-0.05, 0) is 31.6 Å². The maximum absolute atomic E-state index is 12.2. The molecular weight excluding hydrogens is 272 g/mol. The van der Waals surface area contributed by atoms with Gasteiger partial charge in [0.05, 0.1) is 31.7 Å². The van der Waals surface area contributed by atoms with Crippen LogP contribution in [0.1, 0.15) is 26.7 Å². The van der Waals surface area contributed by atoms with Crippen LogP contribution in [0.3, 0.4) is 0 Å². The van der Waals surface area contributed by atoms with E-state index in [0.29, 0.717) is 19.4 Å². The molecule has 0 saturated heterocycles. The van der Waals surface area contributed by atoms with Crippen molar-refractivity contribution in [2.75, 3.05) is 13.7 Å². The number of carbonyl (C=O) groups is 2. The van der Waals surface area contributed by atoms with E-state index in [4.69, 9.17) is 9.47 Å². The van der Waals surface area contributed by atoms with Crippen LogP contribution in [0, 0.1) is 29.6 Å². The third kappa shape index (κ3) is 3.12.